The van der Waals surface area contributed by atoms with E-state index < -0.39 is 0 Å². The monoisotopic (exact) mass is 200 g/mol. The molecule has 84 valence electrons. The Bertz CT molecular complexity index is 133. The van der Waals surface area contributed by atoms with Gasteiger partial charge in [0.05, 0.1) is 6.61 Å². The van der Waals surface area contributed by atoms with Crippen molar-refractivity contribution in [2.75, 3.05) is 39.9 Å². The van der Waals surface area contributed by atoms with Crippen LogP contribution in [0.5, 0.6) is 0 Å². The summed E-state index contributed by atoms with van der Waals surface area (Å²) in [7, 11) is 1.76. The van der Waals surface area contributed by atoms with Gasteiger partial charge in [0, 0.05) is 19.7 Å². The Labute approximate surface area is 87.8 Å². The molecule has 3 nitrogen and oxygen atoms in total. The summed E-state index contributed by atoms with van der Waals surface area (Å²) in [5.74, 6) is 0. The third kappa shape index (κ3) is 4.40. The average molecular weight is 200 g/mol. The predicted octanol–water partition coefficient (Wildman–Crippen LogP) is 1.10. The van der Waals surface area contributed by atoms with Crippen LogP contribution in [0.4, 0.5) is 0 Å². The van der Waals surface area contributed by atoms with E-state index in [9.17, 15) is 0 Å². The fraction of sp³-hybridized carbons (Fsp3) is 1.00. The third-order valence-corrected chi connectivity index (χ3v) is 2.87. The van der Waals surface area contributed by atoms with Gasteiger partial charge in [-0.15, -0.1) is 0 Å². The zero-order valence-electron chi connectivity index (χ0n) is 9.59. The fourth-order valence-corrected chi connectivity index (χ4v) is 2.04. The van der Waals surface area contributed by atoms with E-state index in [4.69, 9.17) is 4.74 Å². The lowest BCUT2D eigenvalue weighted by Gasteiger charge is -2.32. The second kappa shape index (κ2) is 7.21. The number of rotatable bonds is 6. The summed E-state index contributed by atoms with van der Waals surface area (Å²) in [5, 5.41) is 3.53. The molecule has 1 aliphatic rings. The molecule has 14 heavy (non-hydrogen) atoms. The molecule has 0 aromatic heterocycles. The van der Waals surface area contributed by atoms with Gasteiger partial charge in [-0.3, -0.25) is 0 Å². The van der Waals surface area contributed by atoms with E-state index in [1.807, 2.05) is 0 Å². The molecule has 0 atom stereocenters. The summed E-state index contributed by atoms with van der Waals surface area (Å²) >= 11 is 0. The van der Waals surface area contributed by atoms with Crippen LogP contribution in [0.25, 0.3) is 0 Å². The minimum Gasteiger partial charge on any atom is -0.383 e. The van der Waals surface area contributed by atoms with Gasteiger partial charge in [-0.2, -0.15) is 0 Å². The van der Waals surface area contributed by atoms with Crippen molar-refractivity contribution in [2.45, 2.75) is 32.2 Å². The molecule has 1 N–H and O–H groups in total. The number of nitrogens with zero attached hydrogens (tertiary/aromatic N) is 1. The van der Waals surface area contributed by atoms with Crippen LogP contribution in [-0.2, 0) is 4.74 Å². The molecule has 1 heterocycles. The first kappa shape index (κ1) is 12.0. The van der Waals surface area contributed by atoms with Crippen molar-refractivity contribution < 1.29 is 4.74 Å². The van der Waals surface area contributed by atoms with Crippen LogP contribution in [0.3, 0.4) is 0 Å². The van der Waals surface area contributed by atoms with Crippen molar-refractivity contribution in [3.63, 3.8) is 0 Å². The van der Waals surface area contributed by atoms with Crippen molar-refractivity contribution >= 4 is 0 Å². The Kier molecular flexibility index (Phi) is 6.15. The summed E-state index contributed by atoms with van der Waals surface area (Å²) in [6, 6.07) is 0.721. The van der Waals surface area contributed by atoms with Crippen molar-refractivity contribution in [2.24, 2.45) is 0 Å². The first-order valence-corrected chi connectivity index (χ1v) is 5.81. The minimum absolute atomic E-state index is 0.721. The quantitative estimate of drug-likeness (QED) is 0.650. The standard InChI is InChI=1S/C11H24N2O/c1-3-7-13-8-4-11(5-9-13)12-6-10-14-2/h11-12H,3-10H2,1-2H3. The maximum Gasteiger partial charge on any atom is 0.0587 e. The molecule has 0 saturated carbocycles. The second-order valence-corrected chi connectivity index (χ2v) is 4.06. The molecule has 0 amide bonds. The van der Waals surface area contributed by atoms with E-state index in [2.05, 4.69) is 17.1 Å². The van der Waals surface area contributed by atoms with Crippen molar-refractivity contribution in [1.29, 1.82) is 0 Å². The Balaban J connectivity index is 2.03. The first-order valence-electron chi connectivity index (χ1n) is 5.81. The number of methoxy groups -OCH3 is 1. The Morgan fingerprint density at radius 1 is 1.36 bits per heavy atom. The lowest BCUT2D eigenvalue weighted by molar-refractivity contribution is 0.172. The first-order chi connectivity index (χ1) is 6.86. The normalized spacial score (nSPS) is 20.1. The van der Waals surface area contributed by atoms with Gasteiger partial charge in [-0.25, -0.2) is 0 Å². The number of ether oxygens (including phenoxy) is 1. The SMILES string of the molecule is CCCN1CCC(NCCOC)CC1. The van der Waals surface area contributed by atoms with Crippen LogP contribution < -0.4 is 5.32 Å². The van der Waals surface area contributed by atoms with E-state index in [0.29, 0.717) is 0 Å². The van der Waals surface area contributed by atoms with Gasteiger partial charge >= 0.3 is 0 Å². The fourth-order valence-electron chi connectivity index (χ4n) is 2.04. The van der Waals surface area contributed by atoms with E-state index in [1.165, 1.54) is 38.9 Å². The van der Waals surface area contributed by atoms with Crippen molar-refractivity contribution in [3.8, 4) is 0 Å². The van der Waals surface area contributed by atoms with Gasteiger partial charge in [-0.05, 0) is 38.9 Å². The maximum absolute atomic E-state index is 5.02. The van der Waals surface area contributed by atoms with Crippen LogP contribution in [0.15, 0.2) is 0 Å². The number of hydrogen-bond donors (Lipinski definition) is 1. The Hall–Kier alpha value is -0.120. The highest BCUT2D eigenvalue weighted by Crippen LogP contribution is 2.09. The summed E-state index contributed by atoms with van der Waals surface area (Å²) in [6.07, 6.45) is 3.87. The molecule has 1 fully saturated rings. The lowest BCUT2D eigenvalue weighted by Crippen LogP contribution is -2.43. The van der Waals surface area contributed by atoms with Gasteiger partial charge in [0.25, 0.3) is 0 Å². The van der Waals surface area contributed by atoms with E-state index in [1.54, 1.807) is 7.11 Å². The molecule has 1 saturated heterocycles. The van der Waals surface area contributed by atoms with Crippen LogP contribution in [0.1, 0.15) is 26.2 Å². The molecule has 0 bridgehead atoms. The van der Waals surface area contributed by atoms with Crippen LogP contribution >= 0.6 is 0 Å². The molecule has 0 aromatic rings. The van der Waals surface area contributed by atoms with Crippen LogP contribution in [-0.4, -0.2) is 50.8 Å². The van der Waals surface area contributed by atoms with E-state index in [-0.39, 0.29) is 0 Å². The molecule has 0 unspecified atom stereocenters. The molecule has 0 aromatic carbocycles. The summed E-state index contributed by atoms with van der Waals surface area (Å²) in [6.45, 7) is 7.87. The lowest BCUT2D eigenvalue weighted by atomic mass is 10.1. The number of hydrogen-bond acceptors (Lipinski definition) is 3. The number of nitrogens with one attached hydrogen (secondary N) is 1. The van der Waals surface area contributed by atoms with Crippen LogP contribution in [0.2, 0.25) is 0 Å². The molecular weight excluding hydrogens is 176 g/mol. The van der Waals surface area contributed by atoms with Gasteiger partial charge in [0.15, 0.2) is 0 Å². The molecule has 1 rings (SSSR count). The van der Waals surface area contributed by atoms with E-state index in [0.717, 1.165) is 19.2 Å². The van der Waals surface area contributed by atoms with Crippen LogP contribution in [0, 0.1) is 0 Å². The highest BCUT2D eigenvalue weighted by Gasteiger charge is 2.17. The molecule has 0 radical (unpaired) electrons. The molecule has 1 aliphatic heterocycles. The molecule has 0 spiro atoms. The smallest absolute Gasteiger partial charge is 0.0587 e. The Morgan fingerprint density at radius 3 is 2.64 bits per heavy atom. The number of piperidine rings is 1. The topological polar surface area (TPSA) is 24.5 Å². The highest BCUT2D eigenvalue weighted by molar-refractivity contribution is 4.76. The highest BCUT2D eigenvalue weighted by atomic mass is 16.5. The summed E-state index contributed by atoms with van der Waals surface area (Å²) < 4.78 is 5.02. The van der Waals surface area contributed by atoms with Gasteiger partial charge < -0.3 is 15.0 Å². The second-order valence-electron chi connectivity index (χ2n) is 4.06. The van der Waals surface area contributed by atoms with Gasteiger partial charge in [0.1, 0.15) is 0 Å². The molecular formula is C11H24N2O. The van der Waals surface area contributed by atoms with Crippen molar-refractivity contribution in [3.05, 3.63) is 0 Å². The average Bonchev–Trinajstić information content (AvgIpc) is 2.21. The van der Waals surface area contributed by atoms with Gasteiger partial charge in [0.2, 0.25) is 0 Å². The zero-order chi connectivity index (χ0) is 10.2. The zero-order valence-corrected chi connectivity index (χ0v) is 9.59. The Morgan fingerprint density at radius 2 is 2.07 bits per heavy atom. The number of likely N-dealkylation sites (tertiary alicyclic amines) is 1. The predicted molar refractivity (Wildman–Crippen MR) is 59.6 cm³/mol. The molecule has 3 heteroatoms. The summed E-state index contributed by atoms with van der Waals surface area (Å²) in [5.41, 5.74) is 0. The van der Waals surface area contributed by atoms with Gasteiger partial charge in [-0.1, -0.05) is 6.92 Å². The molecule has 0 aliphatic carbocycles. The largest absolute Gasteiger partial charge is 0.383 e. The van der Waals surface area contributed by atoms with Crippen molar-refractivity contribution in [1.82, 2.24) is 10.2 Å². The van der Waals surface area contributed by atoms with E-state index >= 15 is 0 Å². The third-order valence-electron chi connectivity index (χ3n) is 2.87. The maximum atomic E-state index is 5.02. The minimum atomic E-state index is 0.721. The summed E-state index contributed by atoms with van der Waals surface area (Å²) in [4.78, 5) is 2.56.